The van der Waals surface area contributed by atoms with Crippen molar-refractivity contribution in [1.82, 2.24) is 4.90 Å². The van der Waals surface area contributed by atoms with Crippen molar-refractivity contribution in [2.24, 2.45) is 0 Å². The van der Waals surface area contributed by atoms with Crippen molar-refractivity contribution >= 4 is 12.2 Å². The Hall–Kier alpha value is -1.52. The van der Waals surface area contributed by atoms with Crippen LogP contribution in [-0.4, -0.2) is 34.8 Å². The highest BCUT2D eigenvalue weighted by Crippen LogP contribution is 2.15. The van der Waals surface area contributed by atoms with Crippen LogP contribution >= 0.6 is 0 Å². The molecular formula is C15H27NO4. The largest absolute Gasteiger partial charge is 0.443 e. The number of nitrogens with zero attached hydrogens (tertiary/aromatic N) is 1. The number of hydrogen-bond acceptors (Lipinski definition) is 4. The van der Waals surface area contributed by atoms with Gasteiger partial charge in [0.1, 0.15) is 11.2 Å². The number of allylic oxidation sites excluding steroid dienone is 1. The minimum atomic E-state index is -0.684. The van der Waals surface area contributed by atoms with Crippen molar-refractivity contribution in [1.29, 1.82) is 0 Å². The van der Waals surface area contributed by atoms with E-state index in [1.54, 1.807) is 47.6 Å². The van der Waals surface area contributed by atoms with E-state index in [0.717, 1.165) is 4.90 Å². The molecular weight excluding hydrogens is 258 g/mol. The smallest absolute Gasteiger partial charge is 0.419 e. The Labute approximate surface area is 121 Å². The first-order chi connectivity index (χ1) is 8.96. The number of ether oxygens (including phenoxy) is 2. The van der Waals surface area contributed by atoms with Crippen molar-refractivity contribution in [3.8, 4) is 0 Å². The minimum Gasteiger partial charge on any atom is -0.443 e. The van der Waals surface area contributed by atoms with Crippen LogP contribution in [0.15, 0.2) is 12.7 Å². The second-order valence-corrected chi connectivity index (χ2v) is 6.54. The molecule has 0 aliphatic heterocycles. The molecule has 0 radical (unpaired) electrons. The summed E-state index contributed by atoms with van der Waals surface area (Å²) in [6, 6.07) is 0. The fraction of sp³-hybridized carbons (Fsp3) is 0.733. The van der Waals surface area contributed by atoms with Gasteiger partial charge in [-0.25, -0.2) is 14.5 Å². The molecule has 0 rings (SSSR count). The molecule has 0 aliphatic carbocycles. The Kier molecular flexibility index (Phi) is 6.76. The van der Waals surface area contributed by atoms with Crippen LogP contribution < -0.4 is 0 Å². The van der Waals surface area contributed by atoms with Crippen molar-refractivity contribution in [3.63, 3.8) is 0 Å². The van der Waals surface area contributed by atoms with Crippen molar-refractivity contribution in [2.45, 2.75) is 65.6 Å². The SMILES string of the molecule is C=CCCCN(C(=O)OC(C)(C)C)C(=O)OC(C)(C)C. The van der Waals surface area contributed by atoms with E-state index in [1.807, 2.05) is 0 Å². The zero-order chi connectivity index (χ0) is 16.0. The van der Waals surface area contributed by atoms with E-state index in [-0.39, 0.29) is 6.54 Å². The van der Waals surface area contributed by atoms with Crippen LogP contribution in [0.1, 0.15) is 54.4 Å². The molecule has 20 heavy (non-hydrogen) atoms. The Balaban J connectivity index is 4.83. The van der Waals surface area contributed by atoms with Gasteiger partial charge in [-0.3, -0.25) is 0 Å². The Morgan fingerprint density at radius 2 is 1.40 bits per heavy atom. The number of imide groups is 1. The number of hydrogen-bond donors (Lipinski definition) is 0. The second-order valence-electron chi connectivity index (χ2n) is 6.54. The fourth-order valence-electron chi connectivity index (χ4n) is 1.28. The normalized spacial score (nSPS) is 11.7. The van der Waals surface area contributed by atoms with Crippen LogP contribution in [-0.2, 0) is 9.47 Å². The maximum atomic E-state index is 12.1. The van der Waals surface area contributed by atoms with E-state index in [0.29, 0.717) is 12.8 Å². The van der Waals surface area contributed by atoms with Crippen molar-refractivity contribution < 1.29 is 19.1 Å². The molecule has 0 unspecified atom stereocenters. The molecule has 0 fully saturated rings. The number of unbranched alkanes of at least 4 members (excludes halogenated alkanes) is 1. The number of carbonyl (C=O) groups is 2. The zero-order valence-electron chi connectivity index (χ0n) is 13.5. The predicted octanol–water partition coefficient (Wildman–Crippen LogP) is 4.12. The molecule has 0 heterocycles. The van der Waals surface area contributed by atoms with Gasteiger partial charge in [0.25, 0.3) is 0 Å². The van der Waals surface area contributed by atoms with Gasteiger partial charge >= 0.3 is 12.2 Å². The quantitative estimate of drug-likeness (QED) is 0.576. The van der Waals surface area contributed by atoms with Crippen LogP contribution in [0.5, 0.6) is 0 Å². The van der Waals surface area contributed by atoms with Gasteiger partial charge in [0.05, 0.1) is 0 Å². The topological polar surface area (TPSA) is 55.8 Å². The van der Waals surface area contributed by atoms with E-state index in [1.165, 1.54) is 0 Å². The van der Waals surface area contributed by atoms with E-state index in [2.05, 4.69) is 6.58 Å². The maximum absolute atomic E-state index is 12.1. The average Bonchev–Trinajstić information content (AvgIpc) is 2.18. The highest BCUT2D eigenvalue weighted by molar-refractivity contribution is 5.88. The van der Waals surface area contributed by atoms with Crippen LogP contribution in [0, 0.1) is 0 Å². The summed E-state index contributed by atoms with van der Waals surface area (Å²) >= 11 is 0. The maximum Gasteiger partial charge on any atom is 0.419 e. The third kappa shape index (κ3) is 8.56. The summed E-state index contributed by atoms with van der Waals surface area (Å²) in [5.74, 6) is 0. The van der Waals surface area contributed by atoms with Gasteiger partial charge in [-0.1, -0.05) is 6.08 Å². The van der Waals surface area contributed by atoms with Gasteiger partial charge in [0, 0.05) is 6.54 Å². The number of rotatable bonds is 4. The molecule has 0 aromatic heterocycles. The third-order valence-electron chi connectivity index (χ3n) is 2.02. The van der Waals surface area contributed by atoms with Crippen LogP contribution in [0.25, 0.3) is 0 Å². The zero-order valence-corrected chi connectivity index (χ0v) is 13.5. The first-order valence-electron chi connectivity index (χ1n) is 6.80. The molecule has 0 aromatic carbocycles. The molecule has 0 aliphatic rings. The van der Waals surface area contributed by atoms with Crippen LogP contribution in [0.4, 0.5) is 9.59 Å². The van der Waals surface area contributed by atoms with Gasteiger partial charge in [-0.15, -0.1) is 6.58 Å². The predicted molar refractivity (Wildman–Crippen MR) is 78.6 cm³/mol. The summed E-state index contributed by atoms with van der Waals surface area (Å²) in [6.07, 6.45) is 1.71. The van der Waals surface area contributed by atoms with E-state index in [4.69, 9.17) is 9.47 Å². The Bertz CT molecular complexity index is 322. The lowest BCUT2D eigenvalue weighted by atomic mass is 10.2. The molecule has 0 aromatic rings. The van der Waals surface area contributed by atoms with Gasteiger partial charge in [0.2, 0.25) is 0 Å². The molecule has 0 atom stereocenters. The van der Waals surface area contributed by atoms with Gasteiger partial charge in [0.15, 0.2) is 0 Å². The van der Waals surface area contributed by atoms with E-state index >= 15 is 0 Å². The summed E-state index contributed by atoms with van der Waals surface area (Å²) in [4.78, 5) is 25.1. The third-order valence-corrected chi connectivity index (χ3v) is 2.02. The Morgan fingerprint density at radius 1 is 1.00 bits per heavy atom. The van der Waals surface area contributed by atoms with Gasteiger partial charge < -0.3 is 9.47 Å². The minimum absolute atomic E-state index is 0.246. The molecule has 116 valence electrons. The average molecular weight is 285 g/mol. The Morgan fingerprint density at radius 3 is 1.70 bits per heavy atom. The summed E-state index contributed by atoms with van der Waals surface area (Å²) in [5, 5.41) is 0. The van der Waals surface area contributed by atoms with Crippen molar-refractivity contribution in [3.05, 3.63) is 12.7 Å². The summed E-state index contributed by atoms with van der Waals surface area (Å²) in [6.45, 7) is 14.4. The second kappa shape index (κ2) is 7.31. The summed E-state index contributed by atoms with van der Waals surface area (Å²) in [7, 11) is 0. The van der Waals surface area contributed by atoms with Crippen molar-refractivity contribution in [2.75, 3.05) is 6.54 Å². The molecule has 0 spiro atoms. The number of amides is 2. The molecule has 0 saturated heterocycles. The lowest BCUT2D eigenvalue weighted by molar-refractivity contribution is 0.00134. The first-order valence-corrected chi connectivity index (χ1v) is 6.80. The lowest BCUT2D eigenvalue weighted by Gasteiger charge is -2.28. The number of carbonyl (C=O) groups excluding carboxylic acids is 2. The molecule has 5 heteroatoms. The van der Waals surface area contributed by atoms with Gasteiger partial charge in [-0.2, -0.15) is 0 Å². The monoisotopic (exact) mass is 285 g/mol. The molecule has 0 saturated carbocycles. The molecule has 0 bridgehead atoms. The molecule has 5 nitrogen and oxygen atoms in total. The standard InChI is InChI=1S/C15H27NO4/c1-8-9-10-11-16(12(17)19-14(2,3)4)13(18)20-15(5,6)7/h8H,1,9-11H2,2-7H3. The van der Waals surface area contributed by atoms with Gasteiger partial charge in [-0.05, 0) is 54.4 Å². The summed E-state index contributed by atoms with van der Waals surface area (Å²) in [5.41, 5.74) is -1.31. The highest BCUT2D eigenvalue weighted by Gasteiger charge is 2.30. The fourth-order valence-corrected chi connectivity index (χ4v) is 1.28. The van der Waals surface area contributed by atoms with E-state index in [9.17, 15) is 9.59 Å². The van der Waals surface area contributed by atoms with Crippen LogP contribution in [0.2, 0.25) is 0 Å². The molecule has 2 amide bonds. The highest BCUT2D eigenvalue weighted by atomic mass is 16.6. The molecule has 0 N–H and O–H groups in total. The van der Waals surface area contributed by atoms with E-state index < -0.39 is 23.4 Å². The lowest BCUT2D eigenvalue weighted by Crippen LogP contribution is -2.44. The van der Waals surface area contributed by atoms with Crippen LogP contribution in [0.3, 0.4) is 0 Å². The first kappa shape index (κ1) is 18.5. The summed E-state index contributed by atoms with van der Waals surface area (Å²) < 4.78 is 10.5.